The summed E-state index contributed by atoms with van der Waals surface area (Å²) in [5, 5.41) is 3.43. The number of rotatable bonds is 7. The van der Waals surface area contributed by atoms with Crippen molar-refractivity contribution in [3.05, 3.63) is 53.9 Å². The van der Waals surface area contributed by atoms with Crippen LogP contribution in [0.15, 0.2) is 42.7 Å². The van der Waals surface area contributed by atoms with E-state index in [1.54, 1.807) is 0 Å². The molecule has 1 aliphatic rings. The number of piperazine rings is 1. The standard InChI is InChI=1S/C20H27N3O2/c1-3-24-18-8-7-16(14-19(18)25-4-2)20(17-6-5-9-22-15-17)23-12-10-21-11-13-23/h5-9,14-15,20-21H,3-4,10-13H2,1-2H3. The Morgan fingerprint density at radius 1 is 1.04 bits per heavy atom. The van der Waals surface area contributed by atoms with Crippen LogP contribution in [0.4, 0.5) is 0 Å². The van der Waals surface area contributed by atoms with Gasteiger partial charge in [-0.25, -0.2) is 0 Å². The summed E-state index contributed by atoms with van der Waals surface area (Å²) in [5.74, 6) is 1.62. The van der Waals surface area contributed by atoms with E-state index in [0.717, 1.165) is 37.7 Å². The molecule has 1 aromatic heterocycles. The highest BCUT2D eigenvalue weighted by Crippen LogP contribution is 2.35. The molecule has 1 aliphatic heterocycles. The molecule has 0 radical (unpaired) electrons. The fraction of sp³-hybridized carbons (Fsp3) is 0.450. The maximum absolute atomic E-state index is 5.83. The van der Waals surface area contributed by atoms with E-state index in [9.17, 15) is 0 Å². The minimum absolute atomic E-state index is 0.172. The van der Waals surface area contributed by atoms with E-state index in [1.165, 1.54) is 11.1 Å². The van der Waals surface area contributed by atoms with Crippen molar-refractivity contribution in [1.82, 2.24) is 15.2 Å². The number of nitrogens with one attached hydrogen (secondary N) is 1. The van der Waals surface area contributed by atoms with Gasteiger partial charge in [-0.15, -0.1) is 0 Å². The highest BCUT2D eigenvalue weighted by Gasteiger charge is 2.25. The Hall–Kier alpha value is -2.11. The minimum Gasteiger partial charge on any atom is -0.490 e. The third kappa shape index (κ3) is 4.30. The normalized spacial score (nSPS) is 16.4. The van der Waals surface area contributed by atoms with E-state index in [-0.39, 0.29) is 6.04 Å². The fourth-order valence-electron chi connectivity index (χ4n) is 3.33. The van der Waals surface area contributed by atoms with Gasteiger partial charge in [0.15, 0.2) is 11.5 Å². The van der Waals surface area contributed by atoms with Crippen LogP contribution < -0.4 is 14.8 Å². The molecule has 1 unspecified atom stereocenters. The third-order valence-electron chi connectivity index (χ3n) is 4.40. The predicted molar refractivity (Wildman–Crippen MR) is 99.3 cm³/mol. The first-order chi connectivity index (χ1) is 12.3. The number of hydrogen-bond donors (Lipinski definition) is 1. The van der Waals surface area contributed by atoms with Crippen molar-refractivity contribution in [3.8, 4) is 11.5 Å². The maximum atomic E-state index is 5.83. The highest BCUT2D eigenvalue weighted by molar-refractivity contribution is 5.46. The van der Waals surface area contributed by atoms with Crippen LogP contribution in [0.25, 0.3) is 0 Å². The van der Waals surface area contributed by atoms with Gasteiger partial charge in [0.2, 0.25) is 0 Å². The summed E-state index contributed by atoms with van der Waals surface area (Å²) in [5.41, 5.74) is 2.41. The molecule has 0 aliphatic carbocycles. The summed E-state index contributed by atoms with van der Waals surface area (Å²) in [4.78, 5) is 6.83. The summed E-state index contributed by atoms with van der Waals surface area (Å²) < 4.78 is 11.5. The molecule has 1 aromatic carbocycles. The van der Waals surface area contributed by atoms with Crippen molar-refractivity contribution in [2.24, 2.45) is 0 Å². The van der Waals surface area contributed by atoms with Gasteiger partial charge >= 0.3 is 0 Å². The first kappa shape index (κ1) is 17.7. The van der Waals surface area contributed by atoms with Gasteiger partial charge in [0.25, 0.3) is 0 Å². The van der Waals surface area contributed by atoms with Crippen molar-refractivity contribution < 1.29 is 9.47 Å². The Balaban J connectivity index is 1.98. The van der Waals surface area contributed by atoms with E-state index in [1.807, 2.05) is 38.4 Å². The second kappa shape index (κ2) is 8.83. The largest absolute Gasteiger partial charge is 0.490 e. The van der Waals surface area contributed by atoms with Crippen molar-refractivity contribution >= 4 is 0 Å². The lowest BCUT2D eigenvalue weighted by Crippen LogP contribution is -2.45. The Bertz CT molecular complexity index is 657. The number of hydrogen-bond acceptors (Lipinski definition) is 5. The molecule has 25 heavy (non-hydrogen) atoms. The van der Waals surface area contributed by atoms with E-state index < -0.39 is 0 Å². The van der Waals surface area contributed by atoms with Crippen molar-refractivity contribution in [3.63, 3.8) is 0 Å². The monoisotopic (exact) mass is 341 g/mol. The smallest absolute Gasteiger partial charge is 0.161 e. The van der Waals surface area contributed by atoms with Crippen LogP contribution in [0, 0.1) is 0 Å². The second-order valence-corrected chi connectivity index (χ2v) is 6.05. The number of pyridine rings is 1. The molecule has 1 saturated heterocycles. The Labute approximate surface area is 150 Å². The molecule has 1 atom stereocenters. The zero-order valence-electron chi connectivity index (χ0n) is 15.1. The number of benzene rings is 1. The quantitative estimate of drug-likeness (QED) is 0.839. The average Bonchev–Trinajstić information content (AvgIpc) is 2.66. The molecule has 0 amide bonds. The molecule has 0 spiro atoms. The van der Waals surface area contributed by atoms with Crippen LogP contribution in [0.2, 0.25) is 0 Å². The number of aromatic nitrogens is 1. The van der Waals surface area contributed by atoms with Gasteiger partial charge in [0.05, 0.1) is 19.3 Å². The maximum Gasteiger partial charge on any atom is 0.161 e. The minimum atomic E-state index is 0.172. The number of nitrogens with zero attached hydrogens (tertiary/aromatic N) is 2. The molecular formula is C20H27N3O2. The summed E-state index contributed by atoms with van der Waals surface area (Å²) >= 11 is 0. The van der Waals surface area contributed by atoms with E-state index in [4.69, 9.17) is 9.47 Å². The van der Waals surface area contributed by atoms with Gasteiger partial charge in [-0.3, -0.25) is 9.88 Å². The average molecular weight is 341 g/mol. The third-order valence-corrected chi connectivity index (χ3v) is 4.40. The van der Waals surface area contributed by atoms with Crippen LogP contribution in [-0.4, -0.2) is 49.3 Å². The molecule has 0 bridgehead atoms. The predicted octanol–water partition coefficient (Wildman–Crippen LogP) is 2.87. The van der Waals surface area contributed by atoms with Crippen LogP contribution in [0.5, 0.6) is 11.5 Å². The lowest BCUT2D eigenvalue weighted by Gasteiger charge is -2.35. The molecule has 2 aromatic rings. The van der Waals surface area contributed by atoms with Crippen LogP contribution in [-0.2, 0) is 0 Å². The van der Waals surface area contributed by atoms with E-state index >= 15 is 0 Å². The van der Waals surface area contributed by atoms with Crippen molar-refractivity contribution in [2.75, 3.05) is 39.4 Å². The van der Waals surface area contributed by atoms with Crippen LogP contribution in [0.1, 0.15) is 31.0 Å². The summed E-state index contributed by atoms with van der Waals surface area (Å²) in [6.07, 6.45) is 3.78. The molecule has 3 rings (SSSR count). The lowest BCUT2D eigenvalue weighted by molar-refractivity contribution is 0.197. The SMILES string of the molecule is CCOc1ccc(C(c2cccnc2)N2CCNCC2)cc1OCC. The Morgan fingerprint density at radius 2 is 1.80 bits per heavy atom. The topological polar surface area (TPSA) is 46.6 Å². The summed E-state index contributed by atoms with van der Waals surface area (Å²) in [6.45, 7) is 9.27. The Morgan fingerprint density at radius 3 is 2.48 bits per heavy atom. The molecule has 1 N–H and O–H groups in total. The first-order valence-corrected chi connectivity index (χ1v) is 9.07. The van der Waals surface area contributed by atoms with Gasteiger partial charge in [0, 0.05) is 38.6 Å². The zero-order chi connectivity index (χ0) is 17.5. The number of ether oxygens (including phenoxy) is 2. The van der Waals surface area contributed by atoms with Crippen LogP contribution >= 0.6 is 0 Å². The molecule has 2 heterocycles. The second-order valence-electron chi connectivity index (χ2n) is 6.05. The van der Waals surface area contributed by atoms with E-state index in [0.29, 0.717) is 13.2 Å². The highest BCUT2D eigenvalue weighted by atomic mass is 16.5. The van der Waals surface area contributed by atoms with Gasteiger partial charge < -0.3 is 14.8 Å². The van der Waals surface area contributed by atoms with Gasteiger partial charge in [-0.05, 0) is 43.2 Å². The summed E-state index contributed by atoms with van der Waals surface area (Å²) in [7, 11) is 0. The van der Waals surface area contributed by atoms with Gasteiger partial charge in [-0.1, -0.05) is 12.1 Å². The molecule has 5 heteroatoms. The van der Waals surface area contributed by atoms with Crippen molar-refractivity contribution in [1.29, 1.82) is 0 Å². The van der Waals surface area contributed by atoms with E-state index in [2.05, 4.69) is 33.4 Å². The van der Waals surface area contributed by atoms with Crippen LogP contribution in [0.3, 0.4) is 0 Å². The fourth-order valence-corrected chi connectivity index (χ4v) is 3.33. The molecule has 1 fully saturated rings. The molecule has 0 saturated carbocycles. The lowest BCUT2D eigenvalue weighted by atomic mass is 9.97. The summed E-state index contributed by atoms with van der Waals surface area (Å²) in [6, 6.07) is 10.6. The first-order valence-electron chi connectivity index (χ1n) is 9.07. The molecular weight excluding hydrogens is 314 g/mol. The zero-order valence-corrected chi connectivity index (χ0v) is 15.1. The van der Waals surface area contributed by atoms with Crippen molar-refractivity contribution in [2.45, 2.75) is 19.9 Å². The molecule has 5 nitrogen and oxygen atoms in total. The van der Waals surface area contributed by atoms with Gasteiger partial charge in [0.1, 0.15) is 0 Å². The Kier molecular flexibility index (Phi) is 6.25. The van der Waals surface area contributed by atoms with Gasteiger partial charge in [-0.2, -0.15) is 0 Å². The molecule has 134 valence electrons.